The van der Waals surface area contributed by atoms with E-state index in [9.17, 15) is 14.4 Å². The third-order valence-electron chi connectivity index (χ3n) is 2.82. The molecule has 0 aromatic carbocycles. The van der Waals surface area contributed by atoms with Crippen molar-refractivity contribution in [3.63, 3.8) is 0 Å². The van der Waals surface area contributed by atoms with E-state index in [1.165, 1.54) is 0 Å². The number of nitrogens with two attached hydrogens (primary N) is 2. The van der Waals surface area contributed by atoms with E-state index in [0.717, 1.165) is 0 Å². The van der Waals surface area contributed by atoms with Crippen LogP contribution < -0.4 is 16.8 Å². The molecule has 0 amide bonds. The molecule has 0 aromatic rings. The molecule has 0 aliphatic heterocycles. The molecule has 10 heteroatoms. The van der Waals surface area contributed by atoms with Crippen LogP contribution in [0.3, 0.4) is 0 Å². The van der Waals surface area contributed by atoms with Gasteiger partial charge in [0.05, 0.1) is 13.0 Å². The predicted octanol–water partition coefficient (Wildman–Crippen LogP) is -0.875. The summed E-state index contributed by atoms with van der Waals surface area (Å²) >= 11 is 0. The average molecular weight is 346 g/mol. The first-order chi connectivity index (χ1) is 11.1. The molecule has 138 valence electrons. The van der Waals surface area contributed by atoms with Crippen molar-refractivity contribution in [3.05, 3.63) is 0 Å². The fourth-order valence-electron chi connectivity index (χ4n) is 1.58. The van der Waals surface area contributed by atoms with E-state index in [0.29, 0.717) is 6.42 Å². The molecule has 0 aliphatic carbocycles. The molecule has 0 bridgehead atoms. The number of ether oxygens (including phenoxy) is 1. The minimum Gasteiger partial charge on any atom is -0.481 e. The standard InChI is InChI=1S/C14H26N4O6/c1-8(2)7-24-13(23)10(6-11(19)20)18-14(16)17-5-3-4-9(15)12(21)22/h8-10H,3-7,15H2,1-2H3,(H,19,20)(H,21,22)(H3,16,17,18). The van der Waals surface area contributed by atoms with E-state index in [4.69, 9.17) is 26.4 Å². The lowest BCUT2D eigenvalue weighted by Crippen LogP contribution is -2.46. The first-order valence-corrected chi connectivity index (χ1v) is 7.56. The number of guanidine groups is 1. The number of rotatable bonds is 11. The van der Waals surface area contributed by atoms with Gasteiger partial charge in [0.1, 0.15) is 12.1 Å². The highest BCUT2D eigenvalue weighted by molar-refractivity contribution is 5.88. The number of hydrogen-bond donors (Lipinski definition) is 5. The van der Waals surface area contributed by atoms with Crippen LogP contribution in [-0.4, -0.2) is 59.3 Å². The van der Waals surface area contributed by atoms with Crippen LogP contribution in [0.5, 0.6) is 0 Å². The molecule has 10 nitrogen and oxygen atoms in total. The maximum atomic E-state index is 11.9. The lowest BCUT2D eigenvalue weighted by Gasteiger charge is -2.17. The maximum absolute atomic E-state index is 11.9. The zero-order valence-corrected chi connectivity index (χ0v) is 13.9. The minimum absolute atomic E-state index is 0.115. The molecule has 0 rings (SSSR count). The maximum Gasteiger partial charge on any atom is 0.329 e. The van der Waals surface area contributed by atoms with Crippen LogP contribution in [0.4, 0.5) is 0 Å². The van der Waals surface area contributed by atoms with Crippen molar-refractivity contribution in [2.45, 2.75) is 45.2 Å². The predicted molar refractivity (Wildman–Crippen MR) is 86.3 cm³/mol. The molecular weight excluding hydrogens is 320 g/mol. The van der Waals surface area contributed by atoms with Crippen LogP contribution in [0.25, 0.3) is 0 Å². The Morgan fingerprint density at radius 2 is 1.88 bits per heavy atom. The number of aliphatic imine (C=N–C) groups is 1. The summed E-state index contributed by atoms with van der Waals surface area (Å²) in [6.07, 6.45) is 0.107. The monoisotopic (exact) mass is 346 g/mol. The van der Waals surface area contributed by atoms with Gasteiger partial charge in [0.2, 0.25) is 0 Å². The molecule has 0 radical (unpaired) electrons. The first kappa shape index (κ1) is 21.6. The summed E-state index contributed by atoms with van der Waals surface area (Å²) in [6, 6.07) is -2.12. The van der Waals surface area contributed by atoms with Gasteiger partial charge in [-0.2, -0.15) is 0 Å². The van der Waals surface area contributed by atoms with Crippen LogP contribution >= 0.6 is 0 Å². The molecule has 2 atom stereocenters. The molecule has 2 unspecified atom stereocenters. The van der Waals surface area contributed by atoms with Crippen molar-refractivity contribution >= 4 is 23.9 Å². The molecule has 0 spiro atoms. The van der Waals surface area contributed by atoms with Gasteiger partial charge in [-0.1, -0.05) is 13.8 Å². The fourth-order valence-corrected chi connectivity index (χ4v) is 1.58. The quantitative estimate of drug-likeness (QED) is 0.137. The van der Waals surface area contributed by atoms with Gasteiger partial charge in [0, 0.05) is 6.54 Å². The largest absolute Gasteiger partial charge is 0.481 e. The summed E-state index contributed by atoms with van der Waals surface area (Å²) < 4.78 is 4.99. The fraction of sp³-hybridized carbons (Fsp3) is 0.714. The number of nitrogens with one attached hydrogen (secondary N) is 1. The SMILES string of the molecule is CC(C)COC(=O)C(CC(=O)O)NC(N)=NCCCC(N)C(=O)O. The van der Waals surface area contributed by atoms with Crippen molar-refractivity contribution in [2.75, 3.05) is 13.2 Å². The molecule has 0 saturated carbocycles. The van der Waals surface area contributed by atoms with Crippen LogP contribution in [0.1, 0.15) is 33.1 Å². The van der Waals surface area contributed by atoms with Gasteiger partial charge >= 0.3 is 17.9 Å². The number of aliphatic carboxylic acids is 2. The average Bonchev–Trinajstić information content (AvgIpc) is 2.47. The number of esters is 1. The summed E-state index contributed by atoms with van der Waals surface area (Å²) in [5, 5.41) is 20.0. The summed E-state index contributed by atoms with van der Waals surface area (Å²) in [4.78, 5) is 37.2. The topological polar surface area (TPSA) is 177 Å². The second kappa shape index (κ2) is 11.2. The first-order valence-electron chi connectivity index (χ1n) is 7.56. The molecule has 24 heavy (non-hydrogen) atoms. The third-order valence-corrected chi connectivity index (χ3v) is 2.82. The number of nitrogens with zero attached hydrogens (tertiary/aromatic N) is 1. The lowest BCUT2D eigenvalue weighted by atomic mass is 10.2. The normalized spacial score (nSPS) is 14.1. The number of hydrogen-bond acceptors (Lipinski definition) is 6. The van der Waals surface area contributed by atoms with Crippen molar-refractivity contribution in [3.8, 4) is 0 Å². The lowest BCUT2D eigenvalue weighted by molar-refractivity contribution is -0.150. The van der Waals surface area contributed by atoms with Gasteiger partial charge in [-0.05, 0) is 18.8 Å². The summed E-state index contributed by atoms with van der Waals surface area (Å²) in [5.74, 6) is -3.01. The number of carbonyl (C=O) groups is 3. The van der Waals surface area contributed by atoms with Crippen molar-refractivity contribution in [1.29, 1.82) is 0 Å². The number of carboxylic acids is 2. The van der Waals surface area contributed by atoms with Gasteiger partial charge in [-0.3, -0.25) is 14.6 Å². The van der Waals surface area contributed by atoms with Gasteiger partial charge in [-0.15, -0.1) is 0 Å². The Morgan fingerprint density at radius 3 is 2.38 bits per heavy atom. The summed E-state index contributed by atoms with van der Waals surface area (Å²) in [7, 11) is 0. The molecule has 0 heterocycles. The molecule has 7 N–H and O–H groups in total. The van der Waals surface area contributed by atoms with Crippen LogP contribution in [0.2, 0.25) is 0 Å². The Morgan fingerprint density at radius 1 is 1.25 bits per heavy atom. The highest BCUT2D eigenvalue weighted by Crippen LogP contribution is 2.00. The number of carbonyl (C=O) groups excluding carboxylic acids is 1. The number of carboxylic acid groups (broad SMARTS) is 2. The van der Waals surface area contributed by atoms with E-state index >= 15 is 0 Å². The minimum atomic E-state index is -1.19. The van der Waals surface area contributed by atoms with Crippen molar-refractivity contribution < 1.29 is 29.3 Å². The zero-order chi connectivity index (χ0) is 18.7. The van der Waals surface area contributed by atoms with Crippen LogP contribution in [0, 0.1) is 5.92 Å². The Bertz CT molecular complexity index is 466. The second-order valence-corrected chi connectivity index (χ2v) is 5.67. The smallest absolute Gasteiger partial charge is 0.329 e. The summed E-state index contributed by atoms with van der Waals surface area (Å²) in [5.41, 5.74) is 11.0. The van der Waals surface area contributed by atoms with Crippen LogP contribution in [0.15, 0.2) is 4.99 Å². The van der Waals surface area contributed by atoms with Crippen molar-refractivity contribution in [2.24, 2.45) is 22.4 Å². The van der Waals surface area contributed by atoms with Gasteiger partial charge < -0.3 is 31.7 Å². The molecule has 0 aliphatic rings. The Balaban J connectivity index is 4.49. The third kappa shape index (κ3) is 10.4. The highest BCUT2D eigenvalue weighted by Gasteiger charge is 2.24. The van der Waals surface area contributed by atoms with E-state index in [1.54, 1.807) is 0 Å². The molecule has 0 fully saturated rings. The zero-order valence-electron chi connectivity index (χ0n) is 13.9. The highest BCUT2D eigenvalue weighted by atomic mass is 16.5. The Hall–Kier alpha value is -2.36. The summed E-state index contributed by atoms with van der Waals surface area (Å²) in [6.45, 7) is 4.07. The van der Waals surface area contributed by atoms with Gasteiger partial charge in [0.25, 0.3) is 0 Å². The van der Waals surface area contributed by atoms with Gasteiger partial charge in [0.15, 0.2) is 5.96 Å². The van der Waals surface area contributed by atoms with E-state index < -0.39 is 36.4 Å². The Kier molecular flexibility index (Phi) is 10.1. The van der Waals surface area contributed by atoms with E-state index in [2.05, 4.69) is 10.3 Å². The van der Waals surface area contributed by atoms with E-state index in [-0.39, 0.29) is 31.4 Å². The second-order valence-electron chi connectivity index (χ2n) is 5.67. The Labute approximate surface area is 140 Å². The van der Waals surface area contributed by atoms with Gasteiger partial charge in [-0.25, -0.2) is 4.79 Å². The van der Waals surface area contributed by atoms with E-state index in [1.807, 2.05) is 13.8 Å². The molecular formula is C14H26N4O6. The molecule has 0 aromatic heterocycles. The van der Waals surface area contributed by atoms with Crippen molar-refractivity contribution in [1.82, 2.24) is 5.32 Å². The molecule has 0 saturated heterocycles. The van der Waals surface area contributed by atoms with Crippen LogP contribution in [-0.2, 0) is 19.1 Å².